The second-order valence-electron chi connectivity index (χ2n) is 8.57. The zero-order valence-corrected chi connectivity index (χ0v) is 23.7. The van der Waals surface area contributed by atoms with Crippen molar-refractivity contribution >= 4 is 74.2 Å². The van der Waals surface area contributed by atoms with Crippen LogP contribution in [-0.2, 0) is 25.9 Å². The van der Waals surface area contributed by atoms with Crippen LogP contribution in [0.3, 0.4) is 0 Å². The molecule has 0 aliphatic carbocycles. The molecule has 0 spiro atoms. The number of carbonyl (C=O) groups excluding carboxylic acids is 4. The zero-order valence-electron chi connectivity index (χ0n) is 21.3. The van der Waals surface area contributed by atoms with Gasteiger partial charge in [0.2, 0.25) is 0 Å². The third-order valence-electron chi connectivity index (χ3n) is 5.53. The van der Waals surface area contributed by atoms with E-state index in [4.69, 9.17) is 22.9 Å². The highest BCUT2D eigenvalue weighted by molar-refractivity contribution is 9.12. The molecule has 0 aliphatic rings. The SMILES string of the molecule is C=C(Br)C(=O)Nc1cc(C(=O)N(Cl)c2cc(C(=O)Nc3cc(C(=O)NCCC(=N)N)n(C)c3)n(C)c2)n(C)c1. The largest absolute Gasteiger partial charge is 0.388 e. The van der Waals surface area contributed by atoms with Crippen molar-refractivity contribution in [2.24, 2.45) is 26.9 Å². The Kier molecular flexibility index (Phi) is 9.04. The summed E-state index contributed by atoms with van der Waals surface area (Å²) in [6.45, 7) is 3.72. The van der Waals surface area contributed by atoms with Crippen molar-refractivity contribution in [2.45, 2.75) is 6.42 Å². The van der Waals surface area contributed by atoms with Gasteiger partial charge < -0.3 is 35.4 Å². The van der Waals surface area contributed by atoms with Gasteiger partial charge in [-0.25, -0.2) is 4.42 Å². The van der Waals surface area contributed by atoms with Gasteiger partial charge in [-0.3, -0.25) is 24.6 Å². The maximum atomic E-state index is 13.1. The Morgan fingerprint density at radius 2 is 1.49 bits per heavy atom. The average molecular weight is 621 g/mol. The number of aromatic nitrogens is 3. The minimum atomic E-state index is -0.585. The summed E-state index contributed by atoms with van der Waals surface area (Å²) in [4.78, 5) is 50.3. The molecule has 13 nitrogen and oxygen atoms in total. The van der Waals surface area contributed by atoms with Gasteiger partial charge in [-0.2, -0.15) is 0 Å². The molecule has 15 heteroatoms. The van der Waals surface area contributed by atoms with E-state index in [0.29, 0.717) is 17.1 Å². The average Bonchev–Trinajstić information content (AvgIpc) is 3.53. The monoisotopic (exact) mass is 619 g/mol. The molecule has 4 amide bonds. The third kappa shape index (κ3) is 6.97. The first-order valence-corrected chi connectivity index (χ1v) is 12.5. The lowest BCUT2D eigenvalue weighted by molar-refractivity contribution is -0.112. The van der Waals surface area contributed by atoms with Gasteiger partial charge in [-0.15, -0.1) is 0 Å². The van der Waals surface area contributed by atoms with Crippen LogP contribution in [-0.4, -0.2) is 49.7 Å². The number of amides is 4. The van der Waals surface area contributed by atoms with E-state index < -0.39 is 17.7 Å². The number of nitrogens with two attached hydrogens (primary N) is 1. The van der Waals surface area contributed by atoms with E-state index in [2.05, 4.69) is 38.5 Å². The fourth-order valence-electron chi connectivity index (χ4n) is 3.60. The number of anilines is 3. The van der Waals surface area contributed by atoms with E-state index in [0.717, 1.165) is 4.42 Å². The number of nitrogens with zero attached hydrogens (tertiary/aromatic N) is 4. The van der Waals surface area contributed by atoms with Crippen LogP contribution in [0.25, 0.3) is 0 Å². The first-order valence-electron chi connectivity index (χ1n) is 11.4. The quantitative estimate of drug-likeness (QED) is 0.101. The van der Waals surface area contributed by atoms with Gasteiger partial charge in [0.25, 0.3) is 23.6 Å². The minimum Gasteiger partial charge on any atom is -0.388 e. The second-order valence-corrected chi connectivity index (χ2v) is 9.87. The predicted octanol–water partition coefficient (Wildman–Crippen LogP) is 2.66. The van der Waals surface area contributed by atoms with Crippen molar-refractivity contribution in [1.29, 1.82) is 5.41 Å². The molecule has 39 heavy (non-hydrogen) atoms. The topological polar surface area (TPSA) is 172 Å². The van der Waals surface area contributed by atoms with E-state index in [1.165, 1.54) is 33.5 Å². The van der Waals surface area contributed by atoms with Gasteiger partial charge in [-0.1, -0.05) is 6.58 Å². The van der Waals surface area contributed by atoms with Crippen LogP contribution in [0.5, 0.6) is 0 Å². The summed E-state index contributed by atoms with van der Waals surface area (Å²) < 4.78 is 5.56. The normalized spacial score (nSPS) is 10.6. The highest BCUT2D eigenvalue weighted by Gasteiger charge is 2.24. The summed E-state index contributed by atoms with van der Waals surface area (Å²) in [6, 6.07) is 4.42. The summed E-state index contributed by atoms with van der Waals surface area (Å²) in [6.07, 6.45) is 4.87. The summed E-state index contributed by atoms with van der Waals surface area (Å²) in [7, 11) is 4.90. The molecule has 0 saturated heterocycles. The molecular formula is C24H27BrClN9O4. The van der Waals surface area contributed by atoms with Crippen LogP contribution in [0.4, 0.5) is 17.1 Å². The van der Waals surface area contributed by atoms with Crippen molar-refractivity contribution in [2.75, 3.05) is 21.6 Å². The molecule has 0 atom stereocenters. The maximum Gasteiger partial charge on any atom is 0.289 e. The van der Waals surface area contributed by atoms with E-state index in [9.17, 15) is 19.2 Å². The number of aryl methyl sites for hydroxylation is 3. The van der Waals surface area contributed by atoms with Gasteiger partial charge in [0, 0.05) is 64.5 Å². The predicted molar refractivity (Wildman–Crippen MR) is 152 cm³/mol. The number of carbonyl (C=O) groups is 4. The molecular weight excluding hydrogens is 594 g/mol. The van der Waals surface area contributed by atoms with E-state index in [1.807, 2.05) is 0 Å². The standard InChI is InChI=1S/C24H27BrClN9O4/c1-13(25)21(36)30-15-8-19(33(3)11-15)24(39)35(26)16-9-18(34(4)12-16)23(38)31-14-7-17(32(2)10-14)22(37)29-6-5-20(27)28/h7-12H,1,5-6H2,2-4H3,(H3,27,28)(H,29,37)(H,30,36)(H,31,38). The first-order chi connectivity index (χ1) is 18.3. The molecule has 0 fully saturated rings. The maximum absolute atomic E-state index is 13.1. The summed E-state index contributed by atoms with van der Waals surface area (Å²) in [5.74, 6) is -1.95. The van der Waals surface area contributed by atoms with E-state index in [-0.39, 0.29) is 46.3 Å². The van der Waals surface area contributed by atoms with Crippen LogP contribution < -0.4 is 26.1 Å². The fraction of sp³-hybridized carbons (Fsp3) is 0.208. The van der Waals surface area contributed by atoms with Gasteiger partial charge in [-0.05, 0) is 34.1 Å². The van der Waals surface area contributed by atoms with Gasteiger partial charge in [0.1, 0.15) is 17.1 Å². The summed E-state index contributed by atoms with van der Waals surface area (Å²) >= 11 is 9.34. The first kappa shape index (κ1) is 29.3. The van der Waals surface area contributed by atoms with Crippen molar-refractivity contribution in [1.82, 2.24) is 19.0 Å². The number of rotatable bonds is 10. The Bertz CT molecular complexity index is 1490. The lowest BCUT2D eigenvalue weighted by atomic mass is 10.3. The third-order valence-corrected chi connectivity index (χ3v) is 6.24. The highest BCUT2D eigenvalue weighted by Crippen LogP contribution is 2.25. The van der Waals surface area contributed by atoms with Gasteiger partial charge in [0.05, 0.1) is 27.4 Å². The fourth-order valence-corrected chi connectivity index (χ4v) is 3.88. The highest BCUT2D eigenvalue weighted by atomic mass is 79.9. The molecule has 3 rings (SSSR count). The molecule has 3 aromatic heterocycles. The van der Waals surface area contributed by atoms with Crippen LogP contribution in [0.15, 0.2) is 47.9 Å². The Balaban J connectivity index is 1.71. The smallest absolute Gasteiger partial charge is 0.289 e. The van der Waals surface area contributed by atoms with E-state index in [1.54, 1.807) is 38.1 Å². The number of hydrogen-bond donors (Lipinski definition) is 5. The van der Waals surface area contributed by atoms with Crippen molar-refractivity contribution in [3.05, 3.63) is 64.9 Å². The van der Waals surface area contributed by atoms with Crippen molar-refractivity contribution < 1.29 is 19.2 Å². The van der Waals surface area contributed by atoms with Crippen LogP contribution in [0, 0.1) is 5.41 Å². The molecule has 6 N–H and O–H groups in total. The van der Waals surface area contributed by atoms with E-state index >= 15 is 0 Å². The van der Waals surface area contributed by atoms with Gasteiger partial charge in [0.15, 0.2) is 0 Å². The molecule has 206 valence electrons. The summed E-state index contributed by atoms with van der Waals surface area (Å²) in [5.41, 5.74) is 7.00. The van der Waals surface area contributed by atoms with Crippen LogP contribution in [0.1, 0.15) is 37.9 Å². The van der Waals surface area contributed by atoms with Crippen molar-refractivity contribution in [3.8, 4) is 0 Å². The Morgan fingerprint density at radius 1 is 0.949 bits per heavy atom. The number of nitrogens with one attached hydrogen (secondary N) is 4. The van der Waals surface area contributed by atoms with Crippen LogP contribution >= 0.6 is 27.7 Å². The van der Waals surface area contributed by atoms with Crippen molar-refractivity contribution in [3.63, 3.8) is 0 Å². The molecule has 0 aliphatic heterocycles. The molecule has 3 heterocycles. The Hall–Kier alpha value is -4.30. The number of halogens is 2. The Morgan fingerprint density at radius 3 is 2.10 bits per heavy atom. The number of amidine groups is 1. The molecule has 0 unspecified atom stereocenters. The lowest BCUT2D eigenvalue weighted by Gasteiger charge is -2.12. The second kappa shape index (κ2) is 12.0. The zero-order chi connectivity index (χ0) is 29.0. The molecule has 0 radical (unpaired) electrons. The Labute approximate surface area is 237 Å². The van der Waals surface area contributed by atoms with Gasteiger partial charge >= 0.3 is 0 Å². The summed E-state index contributed by atoms with van der Waals surface area (Å²) in [5, 5.41) is 15.2. The lowest BCUT2D eigenvalue weighted by Crippen LogP contribution is -2.28. The molecule has 0 aromatic carbocycles. The minimum absolute atomic E-state index is 0.0342. The molecule has 3 aromatic rings. The van der Waals surface area contributed by atoms with Crippen LogP contribution in [0.2, 0.25) is 0 Å². The number of hydrogen-bond acceptors (Lipinski definition) is 5. The molecule has 0 bridgehead atoms. The molecule has 0 saturated carbocycles.